The second-order valence-corrected chi connectivity index (χ2v) is 7.46. The van der Waals surface area contributed by atoms with Crippen molar-refractivity contribution in [1.82, 2.24) is 10.2 Å². The summed E-state index contributed by atoms with van der Waals surface area (Å²) in [6.45, 7) is 0.0977. The average Bonchev–Trinajstić information content (AvgIpc) is 2.92. The van der Waals surface area contributed by atoms with Gasteiger partial charge in [0.25, 0.3) is 5.91 Å². The van der Waals surface area contributed by atoms with Crippen LogP contribution >= 0.6 is 0 Å². The van der Waals surface area contributed by atoms with Crippen LogP contribution in [0.25, 0.3) is 10.8 Å². The van der Waals surface area contributed by atoms with E-state index in [-0.39, 0.29) is 24.2 Å². The fraction of sp³-hybridized carbons (Fsp3) is 0.381. The minimum Gasteiger partial charge on any atom is -0.330 e. The van der Waals surface area contributed by atoms with E-state index in [1.807, 2.05) is 30.3 Å². The van der Waals surface area contributed by atoms with Crippen LogP contribution in [0.4, 0.5) is 4.79 Å². The maximum Gasteiger partial charge on any atom is 0.325 e. The zero-order valence-corrected chi connectivity index (χ0v) is 15.1. The normalized spacial score (nSPS) is 25.2. The molecule has 27 heavy (non-hydrogen) atoms. The van der Waals surface area contributed by atoms with Crippen LogP contribution in [0.2, 0.25) is 0 Å². The topological polar surface area (TPSA) is 92.5 Å². The number of carbonyl (C=O) groups is 3. The first-order valence-electron chi connectivity index (χ1n) is 9.41. The quantitative estimate of drug-likeness (QED) is 0.643. The van der Waals surface area contributed by atoms with Crippen molar-refractivity contribution in [2.24, 2.45) is 11.7 Å². The van der Waals surface area contributed by atoms with Crippen molar-refractivity contribution in [3.8, 4) is 0 Å². The number of carbonyl (C=O) groups excluding carboxylic acids is 3. The van der Waals surface area contributed by atoms with Crippen molar-refractivity contribution in [2.45, 2.75) is 31.2 Å². The number of nitrogens with one attached hydrogen (secondary N) is 1. The molecule has 2 aromatic rings. The molecule has 2 fully saturated rings. The Labute approximate surface area is 157 Å². The summed E-state index contributed by atoms with van der Waals surface area (Å²) < 4.78 is 0. The molecule has 140 valence electrons. The van der Waals surface area contributed by atoms with Crippen LogP contribution in [-0.2, 0) is 4.79 Å². The summed E-state index contributed by atoms with van der Waals surface area (Å²) >= 11 is 0. The molecule has 2 atom stereocenters. The van der Waals surface area contributed by atoms with Crippen LogP contribution in [0.3, 0.4) is 0 Å². The Balaban J connectivity index is 1.57. The van der Waals surface area contributed by atoms with Gasteiger partial charge in [0.2, 0.25) is 0 Å². The van der Waals surface area contributed by atoms with Gasteiger partial charge in [-0.25, -0.2) is 4.79 Å². The first kappa shape index (κ1) is 17.7. The van der Waals surface area contributed by atoms with E-state index in [1.165, 1.54) is 0 Å². The van der Waals surface area contributed by atoms with E-state index in [0.29, 0.717) is 18.5 Å². The Kier molecular flexibility index (Phi) is 4.44. The Morgan fingerprint density at radius 3 is 2.70 bits per heavy atom. The van der Waals surface area contributed by atoms with Crippen LogP contribution in [0.1, 0.15) is 36.0 Å². The number of benzene rings is 2. The molecule has 1 aliphatic carbocycles. The van der Waals surface area contributed by atoms with Crippen molar-refractivity contribution < 1.29 is 14.4 Å². The van der Waals surface area contributed by atoms with Gasteiger partial charge in [-0.1, -0.05) is 49.2 Å². The van der Waals surface area contributed by atoms with E-state index in [4.69, 9.17) is 5.73 Å². The molecular formula is C21H23N3O3. The number of hydrogen-bond acceptors (Lipinski definition) is 4. The molecule has 0 bridgehead atoms. The molecule has 6 nitrogen and oxygen atoms in total. The SMILES string of the molecule is NCC1CCCCC12NC(=O)N(CC(=O)c1ccc3ccccc3c1)C2=O. The highest BCUT2D eigenvalue weighted by molar-refractivity contribution is 6.11. The molecule has 1 saturated heterocycles. The number of imide groups is 1. The van der Waals surface area contributed by atoms with E-state index < -0.39 is 11.6 Å². The first-order chi connectivity index (χ1) is 13.0. The van der Waals surface area contributed by atoms with Gasteiger partial charge in [0.1, 0.15) is 5.54 Å². The zero-order chi connectivity index (χ0) is 19.0. The first-order valence-corrected chi connectivity index (χ1v) is 9.41. The number of fused-ring (bicyclic) bond motifs is 1. The molecule has 1 spiro atoms. The van der Waals surface area contributed by atoms with Gasteiger partial charge >= 0.3 is 6.03 Å². The summed E-state index contributed by atoms with van der Waals surface area (Å²) in [5.74, 6) is -0.637. The highest BCUT2D eigenvalue weighted by Gasteiger charge is 2.56. The van der Waals surface area contributed by atoms with Crippen LogP contribution in [0.15, 0.2) is 42.5 Å². The standard InChI is InChI=1S/C21H23N3O3/c22-12-17-7-3-4-10-21(17)19(26)24(20(27)23-21)13-18(25)16-9-8-14-5-1-2-6-15(14)11-16/h1-2,5-6,8-9,11,17H,3-4,7,10,12-13,22H2,(H,23,27). The van der Waals surface area contributed by atoms with Gasteiger partial charge in [0.05, 0.1) is 6.54 Å². The van der Waals surface area contributed by atoms with Crippen LogP contribution in [0.5, 0.6) is 0 Å². The molecule has 0 aromatic heterocycles. The van der Waals surface area contributed by atoms with Gasteiger partial charge in [0.15, 0.2) is 5.78 Å². The summed E-state index contributed by atoms with van der Waals surface area (Å²) in [6, 6.07) is 12.7. The number of rotatable bonds is 4. The lowest BCUT2D eigenvalue weighted by Crippen LogP contribution is -2.57. The fourth-order valence-electron chi connectivity index (χ4n) is 4.40. The lowest BCUT2D eigenvalue weighted by Gasteiger charge is -2.38. The minimum absolute atomic E-state index is 0.0801. The summed E-state index contributed by atoms with van der Waals surface area (Å²) in [5.41, 5.74) is 5.42. The highest BCUT2D eigenvalue weighted by Crippen LogP contribution is 2.38. The molecule has 4 rings (SSSR count). The third-order valence-corrected chi connectivity index (χ3v) is 5.93. The van der Waals surface area contributed by atoms with E-state index in [9.17, 15) is 14.4 Å². The maximum atomic E-state index is 13.1. The molecule has 3 N–H and O–H groups in total. The molecule has 2 aliphatic rings. The van der Waals surface area contributed by atoms with E-state index in [0.717, 1.165) is 34.9 Å². The van der Waals surface area contributed by atoms with Gasteiger partial charge in [0, 0.05) is 11.5 Å². The minimum atomic E-state index is -0.937. The lowest BCUT2D eigenvalue weighted by molar-refractivity contribution is -0.134. The zero-order valence-electron chi connectivity index (χ0n) is 15.1. The lowest BCUT2D eigenvalue weighted by atomic mass is 9.72. The molecule has 6 heteroatoms. The smallest absolute Gasteiger partial charge is 0.325 e. The molecule has 2 unspecified atom stereocenters. The monoisotopic (exact) mass is 365 g/mol. The third-order valence-electron chi connectivity index (χ3n) is 5.93. The van der Waals surface area contributed by atoms with Crippen molar-refractivity contribution in [1.29, 1.82) is 0 Å². The Hall–Kier alpha value is -2.73. The summed E-state index contributed by atoms with van der Waals surface area (Å²) in [5, 5.41) is 4.85. The van der Waals surface area contributed by atoms with Gasteiger partial charge in [-0.15, -0.1) is 0 Å². The fourth-order valence-corrected chi connectivity index (χ4v) is 4.40. The van der Waals surface area contributed by atoms with Crippen molar-refractivity contribution in [2.75, 3.05) is 13.1 Å². The molecule has 1 saturated carbocycles. The number of urea groups is 1. The number of nitrogens with two attached hydrogens (primary N) is 1. The van der Waals surface area contributed by atoms with Crippen molar-refractivity contribution in [3.63, 3.8) is 0 Å². The number of nitrogens with zero attached hydrogens (tertiary/aromatic N) is 1. The van der Waals surface area contributed by atoms with Gasteiger partial charge < -0.3 is 11.1 Å². The molecule has 3 amide bonds. The van der Waals surface area contributed by atoms with Gasteiger partial charge in [-0.05, 0) is 36.2 Å². The molecule has 0 radical (unpaired) electrons. The molecule has 1 aliphatic heterocycles. The van der Waals surface area contributed by atoms with Crippen LogP contribution in [-0.4, -0.2) is 41.2 Å². The van der Waals surface area contributed by atoms with Crippen LogP contribution in [0, 0.1) is 5.92 Å². The highest BCUT2D eigenvalue weighted by atomic mass is 16.2. The maximum absolute atomic E-state index is 13.1. The van der Waals surface area contributed by atoms with E-state index in [2.05, 4.69) is 5.32 Å². The Morgan fingerprint density at radius 2 is 1.93 bits per heavy atom. The predicted molar refractivity (Wildman–Crippen MR) is 102 cm³/mol. The van der Waals surface area contributed by atoms with Gasteiger partial charge in [-0.3, -0.25) is 14.5 Å². The van der Waals surface area contributed by atoms with Crippen molar-refractivity contribution >= 4 is 28.5 Å². The second kappa shape index (κ2) is 6.78. The molecular weight excluding hydrogens is 342 g/mol. The summed E-state index contributed by atoms with van der Waals surface area (Å²) in [4.78, 5) is 39.4. The number of hydrogen-bond donors (Lipinski definition) is 2. The Morgan fingerprint density at radius 1 is 1.15 bits per heavy atom. The largest absolute Gasteiger partial charge is 0.330 e. The van der Waals surface area contributed by atoms with Crippen molar-refractivity contribution in [3.05, 3.63) is 48.0 Å². The molecule has 1 heterocycles. The second-order valence-electron chi connectivity index (χ2n) is 7.46. The predicted octanol–water partition coefficient (Wildman–Crippen LogP) is 2.46. The number of Topliss-reactive ketones (excluding diaryl/α,β-unsaturated/α-hetero) is 1. The summed E-state index contributed by atoms with van der Waals surface area (Å²) in [7, 11) is 0. The van der Waals surface area contributed by atoms with E-state index >= 15 is 0 Å². The van der Waals surface area contributed by atoms with Crippen LogP contribution < -0.4 is 11.1 Å². The summed E-state index contributed by atoms with van der Waals surface area (Å²) in [6.07, 6.45) is 3.27. The number of ketones is 1. The van der Waals surface area contributed by atoms with Gasteiger partial charge in [-0.2, -0.15) is 0 Å². The molecule has 2 aromatic carbocycles. The van der Waals surface area contributed by atoms with E-state index in [1.54, 1.807) is 12.1 Å². The number of amides is 3. The average molecular weight is 365 g/mol. The Bertz CT molecular complexity index is 926. The third kappa shape index (κ3) is 2.90.